The van der Waals surface area contributed by atoms with Gasteiger partial charge in [0, 0.05) is 0 Å². The first kappa shape index (κ1) is 11.1. The highest BCUT2D eigenvalue weighted by Crippen LogP contribution is 2.14. The predicted octanol–water partition coefficient (Wildman–Crippen LogP) is 2.06. The number of esters is 1. The second kappa shape index (κ2) is 5.70. The number of carbonyl (C=O) groups is 1. The summed E-state index contributed by atoms with van der Waals surface area (Å²) in [6.07, 6.45) is 2.92. The molecule has 0 aliphatic heterocycles. The van der Waals surface area contributed by atoms with Gasteiger partial charge in [0.15, 0.2) is 4.88 Å². The molecule has 0 saturated heterocycles. The van der Waals surface area contributed by atoms with Crippen LogP contribution in [-0.4, -0.2) is 22.2 Å². The van der Waals surface area contributed by atoms with Gasteiger partial charge in [-0.3, -0.25) is 0 Å². The van der Waals surface area contributed by atoms with Crippen molar-refractivity contribution in [2.75, 3.05) is 6.61 Å². The molecule has 1 heterocycles. The normalized spacial score (nSPS) is 10.1. The van der Waals surface area contributed by atoms with Crippen LogP contribution in [0.25, 0.3) is 0 Å². The monoisotopic (exact) mass is 214 g/mol. The minimum atomic E-state index is -0.298. The van der Waals surface area contributed by atoms with E-state index in [2.05, 4.69) is 16.5 Å². The van der Waals surface area contributed by atoms with Crippen LogP contribution in [0, 0.1) is 0 Å². The van der Waals surface area contributed by atoms with Gasteiger partial charge in [-0.05, 0) is 31.3 Å². The van der Waals surface area contributed by atoms with Crippen molar-refractivity contribution in [3.05, 3.63) is 10.6 Å². The summed E-state index contributed by atoms with van der Waals surface area (Å²) >= 11 is 1.11. The molecule has 1 aromatic rings. The number of nitrogens with zero attached hydrogens (tertiary/aromatic N) is 2. The second-order valence-corrected chi connectivity index (χ2v) is 3.63. The number of carbonyl (C=O) groups excluding carboxylic acids is 1. The molecule has 0 amide bonds. The predicted molar refractivity (Wildman–Crippen MR) is 54.5 cm³/mol. The summed E-state index contributed by atoms with van der Waals surface area (Å²) in [5.41, 5.74) is 0.773. The molecule has 0 bridgehead atoms. The maximum Gasteiger partial charge on any atom is 0.351 e. The van der Waals surface area contributed by atoms with Gasteiger partial charge in [-0.1, -0.05) is 17.8 Å². The molecule has 0 unspecified atom stereocenters. The Morgan fingerprint density at radius 1 is 1.50 bits per heavy atom. The van der Waals surface area contributed by atoms with Crippen LogP contribution in [0.5, 0.6) is 0 Å². The molecule has 5 heteroatoms. The molecule has 78 valence electrons. The molecule has 1 rings (SSSR count). The van der Waals surface area contributed by atoms with Crippen molar-refractivity contribution < 1.29 is 9.53 Å². The molecule has 0 aliphatic rings. The number of unbranched alkanes of at least 4 members (excludes halogenated alkanes) is 1. The largest absolute Gasteiger partial charge is 0.462 e. The van der Waals surface area contributed by atoms with Crippen molar-refractivity contribution in [2.24, 2.45) is 0 Å². The van der Waals surface area contributed by atoms with Crippen LogP contribution < -0.4 is 0 Å². The zero-order valence-electron chi connectivity index (χ0n) is 8.45. The summed E-state index contributed by atoms with van der Waals surface area (Å²) in [7, 11) is 0. The zero-order valence-corrected chi connectivity index (χ0v) is 9.26. The fourth-order valence-electron chi connectivity index (χ4n) is 1.07. The van der Waals surface area contributed by atoms with Gasteiger partial charge >= 0.3 is 5.97 Å². The Bertz CT molecular complexity index is 299. The summed E-state index contributed by atoms with van der Waals surface area (Å²) in [6.45, 7) is 4.28. The number of ether oxygens (including phenoxy) is 1. The maximum atomic E-state index is 11.4. The molecule has 4 nitrogen and oxygen atoms in total. The molecule has 1 aromatic heterocycles. The van der Waals surface area contributed by atoms with E-state index in [1.165, 1.54) is 0 Å². The smallest absolute Gasteiger partial charge is 0.351 e. The standard InChI is InChI=1S/C9H14N2O2S/c1-3-5-6-7-8(14-11-10-7)9(12)13-4-2/h3-6H2,1-2H3. The summed E-state index contributed by atoms with van der Waals surface area (Å²) in [5.74, 6) is -0.298. The average molecular weight is 214 g/mol. The summed E-state index contributed by atoms with van der Waals surface area (Å²) in [4.78, 5) is 12.0. The van der Waals surface area contributed by atoms with Crippen molar-refractivity contribution in [3.63, 3.8) is 0 Å². The topological polar surface area (TPSA) is 52.1 Å². The van der Waals surface area contributed by atoms with E-state index >= 15 is 0 Å². The molecule has 0 N–H and O–H groups in total. The quantitative estimate of drug-likeness (QED) is 0.704. The van der Waals surface area contributed by atoms with Gasteiger partial charge in [0.25, 0.3) is 0 Å². The Labute approximate surface area is 87.5 Å². The van der Waals surface area contributed by atoms with Crippen LogP contribution in [-0.2, 0) is 11.2 Å². The van der Waals surface area contributed by atoms with Gasteiger partial charge in [0.1, 0.15) is 0 Å². The van der Waals surface area contributed by atoms with Crippen molar-refractivity contribution in [2.45, 2.75) is 33.1 Å². The van der Waals surface area contributed by atoms with Crippen LogP contribution in [0.1, 0.15) is 42.1 Å². The number of rotatable bonds is 5. The van der Waals surface area contributed by atoms with Crippen molar-refractivity contribution >= 4 is 17.5 Å². The summed E-state index contributed by atoms with van der Waals surface area (Å²) in [5, 5.41) is 3.92. The SMILES string of the molecule is CCCCc1nnsc1C(=O)OCC. The van der Waals surface area contributed by atoms with Gasteiger partial charge in [-0.2, -0.15) is 0 Å². The van der Waals surface area contributed by atoms with E-state index in [1.54, 1.807) is 6.92 Å². The van der Waals surface area contributed by atoms with Crippen LogP contribution in [0.3, 0.4) is 0 Å². The molecule has 0 fully saturated rings. The Balaban J connectivity index is 2.66. The van der Waals surface area contributed by atoms with Crippen molar-refractivity contribution in [1.82, 2.24) is 9.59 Å². The average Bonchev–Trinajstić information content (AvgIpc) is 2.63. The van der Waals surface area contributed by atoms with E-state index in [1.807, 2.05) is 0 Å². The Kier molecular flexibility index (Phi) is 4.52. The van der Waals surface area contributed by atoms with E-state index in [0.29, 0.717) is 11.5 Å². The van der Waals surface area contributed by atoms with Crippen molar-refractivity contribution in [1.29, 1.82) is 0 Å². The van der Waals surface area contributed by atoms with Crippen LogP contribution in [0.4, 0.5) is 0 Å². The second-order valence-electron chi connectivity index (χ2n) is 2.87. The van der Waals surface area contributed by atoms with E-state index in [9.17, 15) is 4.79 Å². The third-order valence-corrected chi connectivity index (χ3v) is 2.53. The van der Waals surface area contributed by atoms with E-state index in [-0.39, 0.29) is 5.97 Å². The minimum Gasteiger partial charge on any atom is -0.462 e. The van der Waals surface area contributed by atoms with Gasteiger partial charge in [-0.15, -0.1) is 5.10 Å². The minimum absolute atomic E-state index is 0.298. The number of aryl methyl sites for hydroxylation is 1. The van der Waals surface area contributed by atoms with E-state index < -0.39 is 0 Å². The highest BCUT2D eigenvalue weighted by Gasteiger charge is 2.16. The molecule has 0 atom stereocenters. The third-order valence-electron chi connectivity index (χ3n) is 1.78. The number of hydrogen-bond donors (Lipinski definition) is 0. The van der Waals surface area contributed by atoms with Crippen LogP contribution in [0.15, 0.2) is 0 Å². The van der Waals surface area contributed by atoms with Crippen LogP contribution in [0.2, 0.25) is 0 Å². The lowest BCUT2D eigenvalue weighted by Gasteiger charge is -1.99. The van der Waals surface area contributed by atoms with Crippen molar-refractivity contribution in [3.8, 4) is 0 Å². The fourth-order valence-corrected chi connectivity index (χ4v) is 1.67. The van der Waals surface area contributed by atoms with Gasteiger partial charge in [0.2, 0.25) is 0 Å². The Hall–Kier alpha value is -0.970. The molecule has 0 saturated carbocycles. The molecular formula is C9H14N2O2S. The summed E-state index contributed by atoms with van der Waals surface area (Å²) < 4.78 is 8.67. The lowest BCUT2D eigenvalue weighted by Crippen LogP contribution is -2.05. The van der Waals surface area contributed by atoms with E-state index in [4.69, 9.17) is 4.74 Å². The fraction of sp³-hybridized carbons (Fsp3) is 0.667. The number of hydrogen-bond acceptors (Lipinski definition) is 5. The summed E-state index contributed by atoms with van der Waals surface area (Å²) in [6, 6.07) is 0. The first-order valence-electron chi connectivity index (χ1n) is 4.77. The molecule has 0 aliphatic carbocycles. The first-order chi connectivity index (χ1) is 6.79. The first-order valence-corrected chi connectivity index (χ1v) is 5.55. The highest BCUT2D eigenvalue weighted by atomic mass is 32.1. The Morgan fingerprint density at radius 2 is 2.29 bits per heavy atom. The number of aromatic nitrogens is 2. The van der Waals surface area contributed by atoms with E-state index in [0.717, 1.165) is 36.5 Å². The zero-order chi connectivity index (χ0) is 10.4. The molecule has 14 heavy (non-hydrogen) atoms. The lowest BCUT2D eigenvalue weighted by atomic mass is 10.2. The molecule has 0 radical (unpaired) electrons. The third kappa shape index (κ3) is 2.77. The van der Waals surface area contributed by atoms with Gasteiger partial charge < -0.3 is 4.74 Å². The molecular weight excluding hydrogens is 200 g/mol. The lowest BCUT2D eigenvalue weighted by molar-refractivity contribution is 0.0530. The van der Waals surface area contributed by atoms with Gasteiger partial charge in [0.05, 0.1) is 12.3 Å². The van der Waals surface area contributed by atoms with Crippen LogP contribution >= 0.6 is 11.5 Å². The maximum absolute atomic E-state index is 11.4. The van der Waals surface area contributed by atoms with Gasteiger partial charge in [-0.25, -0.2) is 4.79 Å². The molecule has 0 aromatic carbocycles. The molecule has 0 spiro atoms. The highest BCUT2D eigenvalue weighted by molar-refractivity contribution is 7.07. The Morgan fingerprint density at radius 3 is 2.93 bits per heavy atom.